The minimum absolute atomic E-state index is 0.0192. The van der Waals surface area contributed by atoms with Crippen LogP contribution in [-0.4, -0.2) is 32.3 Å². The lowest BCUT2D eigenvalue weighted by Gasteiger charge is -2.12. The zero-order valence-electron chi connectivity index (χ0n) is 16.3. The Bertz CT molecular complexity index is 808. The number of nitrogens with zero attached hydrogens (tertiary/aromatic N) is 3. The molecule has 0 aliphatic heterocycles. The maximum atomic E-state index is 12.2. The highest BCUT2D eigenvalue weighted by atomic mass is 32.2. The van der Waals surface area contributed by atoms with Crippen molar-refractivity contribution in [2.45, 2.75) is 51.6 Å². The molecule has 0 aliphatic carbocycles. The highest BCUT2D eigenvalue weighted by molar-refractivity contribution is 7.99. The lowest BCUT2D eigenvalue weighted by atomic mass is 10.0. The van der Waals surface area contributed by atoms with Crippen molar-refractivity contribution in [1.29, 1.82) is 0 Å². The predicted molar refractivity (Wildman–Crippen MR) is 108 cm³/mol. The molecule has 3 N–H and O–H groups in total. The largest absolute Gasteiger partial charge is 0.370 e. The Morgan fingerprint density at radius 3 is 2.44 bits per heavy atom. The van der Waals surface area contributed by atoms with Crippen LogP contribution in [0.1, 0.15) is 41.8 Å². The third-order valence-corrected chi connectivity index (χ3v) is 5.35. The van der Waals surface area contributed by atoms with Crippen molar-refractivity contribution in [3.8, 4) is 0 Å². The SMILES string of the molecule is Cc1cc(C)c(NC(=O)CCCSc2nnc(CCC(N)=O)n2C)c(C)c1. The van der Waals surface area contributed by atoms with E-state index in [2.05, 4.69) is 34.6 Å². The number of hydrogen-bond acceptors (Lipinski definition) is 5. The maximum Gasteiger partial charge on any atom is 0.224 e. The number of hydrogen-bond donors (Lipinski definition) is 2. The molecule has 0 radical (unpaired) electrons. The summed E-state index contributed by atoms with van der Waals surface area (Å²) in [6.07, 6.45) is 1.93. The third-order valence-electron chi connectivity index (χ3n) is 4.24. The van der Waals surface area contributed by atoms with Gasteiger partial charge in [0.05, 0.1) is 0 Å². The van der Waals surface area contributed by atoms with Gasteiger partial charge < -0.3 is 15.6 Å². The Kier molecular flexibility index (Phi) is 7.41. The van der Waals surface area contributed by atoms with E-state index in [9.17, 15) is 9.59 Å². The Balaban J connectivity index is 1.79. The molecule has 0 saturated heterocycles. The molecule has 146 valence electrons. The van der Waals surface area contributed by atoms with Crippen molar-refractivity contribution in [3.05, 3.63) is 34.6 Å². The molecule has 0 saturated carbocycles. The first-order valence-electron chi connectivity index (χ1n) is 8.95. The Hall–Kier alpha value is -2.35. The predicted octanol–water partition coefficient (Wildman–Crippen LogP) is 2.67. The minimum Gasteiger partial charge on any atom is -0.370 e. The summed E-state index contributed by atoms with van der Waals surface area (Å²) >= 11 is 1.55. The van der Waals surface area contributed by atoms with E-state index in [1.807, 2.05) is 25.5 Å². The number of amides is 2. The van der Waals surface area contributed by atoms with Gasteiger partial charge in [0.1, 0.15) is 5.82 Å². The molecular formula is C19H27N5O2S. The van der Waals surface area contributed by atoms with Gasteiger partial charge in [-0.05, 0) is 38.3 Å². The Morgan fingerprint density at radius 2 is 1.81 bits per heavy atom. The molecule has 1 aromatic heterocycles. The van der Waals surface area contributed by atoms with Crippen molar-refractivity contribution in [2.24, 2.45) is 12.8 Å². The van der Waals surface area contributed by atoms with Gasteiger partial charge in [0.2, 0.25) is 11.8 Å². The number of rotatable bonds is 9. The number of thioether (sulfide) groups is 1. The average Bonchev–Trinajstić information content (AvgIpc) is 2.93. The van der Waals surface area contributed by atoms with Crippen molar-refractivity contribution >= 4 is 29.3 Å². The molecule has 7 nitrogen and oxygen atoms in total. The third kappa shape index (κ3) is 6.09. The van der Waals surface area contributed by atoms with Crippen LogP contribution in [0.2, 0.25) is 0 Å². The summed E-state index contributed by atoms with van der Waals surface area (Å²) < 4.78 is 1.87. The van der Waals surface area contributed by atoms with E-state index in [0.29, 0.717) is 12.8 Å². The molecule has 2 aromatic rings. The first kappa shape index (κ1) is 21.0. The second-order valence-electron chi connectivity index (χ2n) is 6.70. The second-order valence-corrected chi connectivity index (χ2v) is 7.76. The zero-order chi connectivity index (χ0) is 20.0. The van der Waals surface area contributed by atoms with Crippen LogP contribution in [0.4, 0.5) is 5.69 Å². The molecule has 2 rings (SSSR count). The van der Waals surface area contributed by atoms with Crippen LogP contribution in [0.25, 0.3) is 0 Å². The van der Waals surface area contributed by atoms with Gasteiger partial charge in [-0.1, -0.05) is 29.5 Å². The van der Waals surface area contributed by atoms with Crippen LogP contribution in [0.15, 0.2) is 17.3 Å². The minimum atomic E-state index is -0.350. The molecule has 0 fully saturated rings. The van der Waals surface area contributed by atoms with Crippen molar-refractivity contribution in [2.75, 3.05) is 11.1 Å². The van der Waals surface area contributed by atoms with Crippen LogP contribution in [-0.2, 0) is 23.1 Å². The number of anilines is 1. The van der Waals surface area contributed by atoms with E-state index >= 15 is 0 Å². The van der Waals surface area contributed by atoms with E-state index in [4.69, 9.17) is 5.73 Å². The van der Waals surface area contributed by atoms with E-state index in [-0.39, 0.29) is 18.2 Å². The first-order valence-corrected chi connectivity index (χ1v) is 9.93. The first-order chi connectivity index (χ1) is 12.8. The topological polar surface area (TPSA) is 103 Å². The second kappa shape index (κ2) is 9.55. The number of nitrogens with two attached hydrogens (primary N) is 1. The lowest BCUT2D eigenvalue weighted by Crippen LogP contribution is -2.13. The van der Waals surface area contributed by atoms with Crippen LogP contribution >= 0.6 is 11.8 Å². The monoisotopic (exact) mass is 389 g/mol. The normalized spacial score (nSPS) is 10.8. The fraction of sp³-hybridized carbons (Fsp3) is 0.474. The number of primary amides is 1. The summed E-state index contributed by atoms with van der Waals surface area (Å²) in [4.78, 5) is 23.1. The molecule has 8 heteroatoms. The van der Waals surface area contributed by atoms with Crippen LogP contribution in [0, 0.1) is 20.8 Å². The summed E-state index contributed by atoms with van der Waals surface area (Å²) in [5.74, 6) is 1.17. The molecule has 0 unspecified atom stereocenters. The molecule has 1 heterocycles. The fourth-order valence-corrected chi connectivity index (χ4v) is 3.77. The van der Waals surface area contributed by atoms with Gasteiger partial charge in [-0.15, -0.1) is 10.2 Å². The average molecular weight is 390 g/mol. The van der Waals surface area contributed by atoms with Gasteiger partial charge in [0, 0.05) is 37.8 Å². The number of carbonyl (C=O) groups excluding carboxylic acids is 2. The summed E-state index contributed by atoms with van der Waals surface area (Å²) in [5.41, 5.74) is 9.43. The maximum absolute atomic E-state index is 12.2. The molecule has 0 aliphatic rings. The van der Waals surface area contributed by atoms with E-state index in [0.717, 1.165) is 40.0 Å². The summed E-state index contributed by atoms with van der Waals surface area (Å²) in [6.45, 7) is 6.07. The van der Waals surface area contributed by atoms with Gasteiger partial charge in [0.15, 0.2) is 5.16 Å². The number of nitrogens with one attached hydrogen (secondary N) is 1. The number of aryl methyl sites for hydroxylation is 4. The lowest BCUT2D eigenvalue weighted by molar-refractivity contribution is -0.118. The molecule has 0 spiro atoms. The zero-order valence-corrected chi connectivity index (χ0v) is 17.2. The standard InChI is InChI=1S/C19H27N5O2S/c1-12-10-13(2)18(14(3)11-12)21-17(26)6-5-9-27-19-23-22-16(24(19)4)8-7-15(20)25/h10-11H,5-9H2,1-4H3,(H2,20,25)(H,21,26). The van der Waals surface area contributed by atoms with Crippen molar-refractivity contribution in [1.82, 2.24) is 14.8 Å². The number of carbonyl (C=O) groups is 2. The van der Waals surface area contributed by atoms with Crippen LogP contribution in [0.5, 0.6) is 0 Å². The highest BCUT2D eigenvalue weighted by Crippen LogP contribution is 2.23. The van der Waals surface area contributed by atoms with Gasteiger partial charge in [0.25, 0.3) is 0 Å². The van der Waals surface area contributed by atoms with Crippen LogP contribution < -0.4 is 11.1 Å². The van der Waals surface area contributed by atoms with Crippen LogP contribution in [0.3, 0.4) is 0 Å². The molecule has 2 amide bonds. The summed E-state index contributed by atoms with van der Waals surface area (Å²) in [7, 11) is 1.87. The van der Waals surface area contributed by atoms with Crippen molar-refractivity contribution < 1.29 is 9.59 Å². The molecule has 27 heavy (non-hydrogen) atoms. The molecule has 0 atom stereocenters. The number of aromatic nitrogens is 3. The van der Waals surface area contributed by atoms with E-state index in [1.165, 1.54) is 5.56 Å². The van der Waals surface area contributed by atoms with Gasteiger partial charge in [-0.25, -0.2) is 0 Å². The fourth-order valence-electron chi connectivity index (χ4n) is 2.90. The number of benzene rings is 1. The molecule has 1 aromatic carbocycles. The summed E-state index contributed by atoms with van der Waals surface area (Å²) in [6, 6.07) is 4.14. The van der Waals surface area contributed by atoms with E-state index in [1.54, 1.807) is 11.8 Å². The smallest absolute Gasteiger partial charge is 0.224 e. The van der Waals surface area contributed by atoms with E-state index < -0.39 is 0 Å². The Morgan fingerprint density at radius 1 is 1.15 bits per heavy atom. The quantitative estimate of drug-likeness (QED) is 0.507. The van der Waals surface area contributed by atoms with Gasteiger partial charge >= 0.3 is 0 Å². The van der Waals surface area contributed by atoms with Crippen molar-refractivity contribution in [3.63, 3.8) is 0 Å². The summed E-state index contributed by atoms with van der Waals surface area (Å²) in [5, 5.41) is 12.0. The molecule has 0 bridgehead atoms. The van der Waals surface area contributed by atoms with Gasteiger partial charge in [-0.2, -0.15) is 0 Å². The molecular weight excluding hydrogens is 362 g/mol. The highest BCUT2D eigenvalue weighted by Gasteiger charge is 2.11. The van der Waals surface area contributed by atoms with Gasteiger partial charge in [-0.3, -0.25) is 9.59 Å². The Labute approximate surface area is 164 Å².